The van der Waals surface area contributed by atoms with Crippen LogP contribution in [0.1, 0.15) is 20.3 Å². The van der Waals surface area contributed by atoms with Crippen molar-refractivity contribution in [3.05, 3.63) is 0 Å². The maximum absolute atomic E-state index is 10.5. The number of hydrogen-bond donors (Lipinski definition) is 2. The van der Waals surface area contributed by atoms with E-state index >= 15 is 0 Å². The first-order valence-corrected chi connectivity index (χ1v) is 3.60. The summed E-state index contributed by atoms with van der Waals surface area (Å²) in [4.78, 5) is 10.5. The maximum Gasteiger partial charge on any atom is 0.308 e. The molecule has 0 aromatic rings. The molecule has 0 radical (unpaired) electrons. The van der Waals surface area contributed by atoms with Gasteiger partial charge in [0.1, 0.15) is 0 Å². The van der Waals surface area contributed by atoms with Gasteiger partial charge in [0.2, 0.25) is 0 Å². The zero-order chi connectivity index (χ0) is 7.72. The minimum absolute atomic E-state index is 0. The highest BCUT2D eigenvalue weighted by atomic mass is 35.5. The van der Waals surface area contributed by atoms with Crippen LogP contribution in [0.15, 0.2) is 0 Å². The molecule has 0 amide bonds. The molecule has 0 aromatic heterocycles. The lowest BCUT2D eigenvalue weighted by Crippen LogP contribution is -2.29. The summed E-state index contributed by atoms with van der Waals surface area (Å²) < 4.78 is 0. The van der Waals surface area contributed by atoms with Gasteiger partial charge >= 0.3 is 5.97 Å². The van der Waals surface area contributed by atoms with E-state index in [1.807, 2.05) is 13.8 Å². The second-order valence-electron chi connectivity index (χ2n) is 3.04. The molecular weight excluding hydrogens is 166 g/mol. The van der Waals surface area contributed by atoms with Gasteiger partial charge in [0, 0.05) is 12.1 Å². The van der Waals surface area contributed by atoms with E-state index in [2.05, 4.69) is 5.32 Å². The highest BCUT2D eigenvalue weighted by Crippen LogP contribution is 2.19. The Kier molecular flexibility index (Phi) is 3.83. The molecule has 1 heterocycles. The fourth-order valence-electron chi connectivity index (χ4n) is 1.53. The first-order chi connectivity index (χ1) is 4.61. The Bertz CT molecular complexity index is 151. The standard InChI is InChI=1S/C7H13NO2.ClH/c1-4-3-6(7(9)10)5(2)8-4;/h4-6,8H,3H2,1-2H3,(H,9,10);1H. The molecule has 11 heavy (non-hydrogen) atoms. The summed E-state index contributed by atoms with van der Waals surface area (Å²) in [5, 5.41) is 11.8. The highest BCUT2D eigenvalue weighted by molar-refractivity contribution is 5.85. The number of carboxylic acids is 1. The van der Waals surface area contributed by atoms with Gasteiger partial charge in [-0.2, -0.15) is 0 Å². The van der Waals surface area contributed by atoms with Crippen LogP contribution < -0.4 is 5.32 Å². The number of halogens is 1. The normalized spacial score (nSPS) is 36.4. The topological polar surface area (TPSA) is 49.3 Å². The Hall–Kier alpha value is -0.280. The van der Waals surface area contributed by atoms with Crippen molar-refractivity contribution in [2.45, 2.75) is 32.4 Å². The average molecular weight is 180 g/mol. The van der Waals surface area contributed by atoms with Crippen LogP contribution in [-0.2, 0) is 4.79 Å². The third-order valence-electron chi connectivity index (χ3n) is 2.08. The number of nitrogens with one attached hydrogen (secondary N) is 1. The summed E-state index contributed by atoms with van der Waals surface area (Å²) in [7, 11) is 0. The van der Waals surface area contributed by atoms with Crippen LogP contribution in [0.5, 0.6) is 0 Å². The summed E-state index contributed by atoms with van der Waals surface area (Å²) in [5.74, 6) is -0.862. The first kappa shape index (κ1) is 10.7. The van der Waals surface area contributed by atoms with Crippen LogP contribution in [-0.4, -0.2) is 23.2 Å². The van der Waals surface area contributed by atoms with Crippen LogP contribution in [0.3, 0.4) is 0 Å². The molecule has 3 unspecified atom stereocenters. The lowest BCUT2D eigenvalue weighted by molar-refractivity contribution is -0.141. The molecule has 1 saturated heterocycles. The van der Waals surface area contributed by atoms with Crippen LogP contribution in [0, 0.1) is 5.92 Å². The Morgan fingerprint density at radius 2 is 2.09 bits per heavy atom. The minimum atomic E-state index is -0.677. The number of hydrogen-bond acceptors (Lipinski definition) is 2. The molecule has 1 rings (SSSR count). The predicted octanol–water partition coefficient (Wildman–Crippen LogP) is 0.879. The van der Waals surface area contributed by atoms with E-state index in [0.717, 1.165) is 6.42 Å². The first-order valence-electron chi connectivity index (χ1n) is 3.60. The van der Waals surface area contributed by atoms with Crippen LogP contribution in [0.2, 0.25) is 0 Å². The summed E-state index contributed by atoms with van der Waals surface area (Å²) in [6.07, 6.45) is 0.760. The van der Waals surface area contributed by atoms with Gasteiger partial charge in [0.05, 0.1) is 5.92 Å². The van der Waals surface area contributed by atoms with Crippen molar-refractivity contribution in [1.29, 1.82) is 0 Å². The summed E-state index contributed by atoms with van der Waals surface area (Å²) in [6.45, 7) is 3.93. The van der Waals surface area contributed by atoms with E-state index in [-0.39, 0.29) is 24.4 Å². The van der Waals surface area contributed by atoms with Crippen molar-refractivity contribution in [2.24, 2.45) is 5.92 Å². The number of aliphatic carboxylic acids is 1. The van der Waals surface area contributed by atoms with Gasteiger partial charge in [-0.05, 0) is 20.3 Å². The molecule has 66 valence electrons. The van der Waals surface area contributed by atoms with Gasteiger partial charge in [0.25, 0.3) is 0 Å². The van der Waals surface area contributed by atoms with Gasteiger partial charge in [0.15, 0.2) is 0 Å². The summed E-state index contributed by atoms with van der Waals surface area (Å²) in [6, 6.07) is 0.489. The molecule has 1 aliphatic heterocycles. The van der Waals surface area contributed by atoms with Crippen molar-refractivity contribution in [1.82, 2.24) is 5.32 Å². The molecule has 0 aromatic carbocycles. The van der Waals surface area contributed by atoms with Crippen molar-refractivity contribution in [3.63, 3.8) is 0 Å². The fraction of sp³-hybridized carbons (Fsp3) is 0.857. The van der Waals surface area contributed by atoms with Crippen molar-refractivity contribution < 1.29 is 9.90 Å². The minimum Gasteiger partial charge on any atom is -0.481 e. The smallest absolute Gasteiger partial charge is 0.308 e. The van der Waals surface area contributed by atoms with Crippen molar-refractivity contribution >= 4 is 18.4 Å². The third-order valence-corrected chi connectivity index (χ3v) is 2.08. The predicted molar refractivity (Wildman–Crippen MR) is 45.1 cm³/mol. The second kappa shape index (κ2) is 3.93. The van der Waals surface area contributed by atoms with E-state index in [9.17, 15) is 4.79 Å². The van der Waals surface area contributed by atoms with E-state index < -0.39 is 5.97 Å². The van der Waals surface area contributed by atoms with Crippen molar-refractivity contribution in [2.75, 3.05) is 0 Å². The molecule has 3 nitrogen and oxygen atoms in total. The van der Waals surface area contributed by atoms with Crippen LogP contribution in [0.4, 0.5) is 0 Å². The fourth-order valence-corrected chi connectivity index (χ4v) is 1.53. The lowest BCUT2D eigenvalue weighted by atomic mass is 10.0. The van der Waals surface area contributed by atoms with Gasteiger partial charge in [-0.15, -0.1) is 12.4 Å². The van der Waals surface area contributed by atoms with E-state index in [0.29, 0.717) is 6.04 Å². The van der Waals surface area contributed by atoms with Crippen LogP contribution >= 0.6 is 12.4 Å². The zero-order valence-corrected chi connectivity index (χ0v) is 7.52. The molecule has 0 aliphatic carbocycles. The third kappa shape index (κ3) is 2.34. The average Bonchev–Trinajstić information content (AvgIpc) is 2.10. The quantitative estimate of drug-likeness (QED) is 0.629. The van der Waals surface area contributed by atoms with E-state index in [4.69, 9.17) is 5.11 Å². The van der Waals surface area contributed by atoms with Gasteiger partial charge in [-0.1, -0.05) is 0 Å². The molecule has 0 bridgehead atoms. The molecule has 2 N–H and O–H groups in total. The van der Waals surface area contributed by atoms with Gasteiger partial charge in [-0.3, -0.25) is 4.79 Å². The zero-order valence-electron chi connectivity index (χ0n) is 6.70. The van der Waals surface area contributed by atoms with Gasteiger partial charge in [-0.25, -0.2) is 0 Å². The molecular formula is C7H14ClNO2. The molecule has 1 aliphatic rings. The monoisotopic (exact) mass is 179 g/mol. The molecule has 3 atom stereocenters. The Morgan fingerprint density at radius 1 is 1.55 bits per heavy atom. The Balaban J connectivity index is 0.000001000. The van der Waals surface area contributed by atoms with E-state index in [1.54, 1.807) is 0 Å². The second-order valence-corrected chi connectivity index (χ2v) is 3.04. The number of carbonyl (C=O) groups is 1. The summed E-state index contributed by atoms with van der Waals surface area (Å²) >= 11 is 0. The van der Waals surface area contributed by atoms with Gasteiger partial charge < -0.3 is 10.4 Å². The number of rotatable bonds is 1. The Morgan fingerprint density at radius 3 is 2.27 bits per heavy atom. The Labute approximate surface area is 72.6 Å². The van der Waals surface area contributed by atoms with Crippen LogP contribution in [0.25, 0.3) is 0 Å². The molecule has 1 fully saturated rings. The molecule has 4 heteroatoms. The highest BCUT2D eigenvalue weighted by Gasteiger charge is 2.32. The summed E-state index contributed by atoms with van der Waals surface area (Å²) in [5.41, 5.74) is 0. The largest absolute Gasteiger partial charge is 0.481 e. The lowest BCUT2D eigenvalue weighted by Gasteiger charge is -2.07. The SMILES string of the molecule is CC1CC(C(=O)O)C(C)N1.Cl. The number of carboxylic acid groups (broad SMARTS) is 1. The molecule has 0 spiro atoms. The van der Waals surface area contributed by atoms with E-state index in [1.165, 1.54) is 0 Å². The maximum atomic E-state index is 10.5. The molecule has 0 saturated carbocycles. The van der Waals surface area contributed by atoms with Crippen molar-refractivity contribution in [3.8, 4) is 0 Å².